The van der Waals surface area contributed by atoms with Crippen LogP contribution in [-0.2, 0) is 28.9 Å². The third-order valence-corrected chi connectivity index (χ3v) is 11.5. The maximum absolute atomic E-state index is 13.9. The molecule has 0 radical (unpaired) electrons. The second-order valence-electron chi connectivity index (χ2n) is 15.7. The second kappa shape index (κ2) is 16.9. The smallest absolute Gasteiger partial charge is 0.358 e. The average molecular weight is 775 g/mol. The number of anilines is 2. The van der Waals surface area contributed by atoms with Gasteiger partial charge in [-0.3, -0.25) is 19.8 Å². The molecule has 292 valence electrons. The number of pyridine rings is 1. The molecular weight excluding hydrogens is 725 g/mol. The van der Waals surface area contributed by atoms with Gasteiger partial charge in [0.1, 0.15) is 11.4 Å². The maximum Gasteiger partial charge on any atom is 0.358 e. The second-order valence-corrected chi connectivity index (χ2v) is 16.7. The summed E-state index contributed by atoms with van der Waals surface area (Å²) in [5.41, 5.74) is 7.10. The van der Waals surface area contributed by atoms with Gasteiger partial charge >= 0.3 is 11.9 Å². The molecule has 0 unspecified atom stereocenters. The summed E-state index contributed by atoms with van der Waals surface area (Å²) in [6, 6.07) is 23.9. The number of carbonyl (C=O) groups excluding carboxylic acids is 2. The molecular formula is C44H50N6O5S. The number of ether oxygens (including phenoxy) is 1. The number of carboxylic acid groups (broad SMARTS) is 1. The summed E-state index contributed by atoms with van der Waals surface area (Å²) in [5.74, 6) is -0.797. The van der Waals surface area contributed by atoms with Crippen LogP contribution in [0.1, 0.15) is 76.7 Å². The molecule has 1 fully saturated rings. The Labute approximate surface area is 332 Å². The van der Waals surface area contributed by atoms with Crippen molar-refractivity contribution in [1.82, 2.24) is 19.8 Å². The molecule has 5 aromatic rings. The Bertz CT molecular complexity index is 2210. The fourth-order valence-corrected chi connectivity index (χ4v) is 8.52. The number of hydrogen-bond donors (Lipinski definition) is 2. The van der Waals surface area contributed by atoms with Gasteiger partial charge in [-0.05, 0) is 118 Å². The van der Waals surface area contributed by atoms with Crippen LogP contribution in [0.2, 0.25) is 0 Å². The van der Waals surface area contributed by atoms with Crippen molar-refractivity contribution in [3.63, 3.8) is 0 Å². The molecule has 2 aliphatic rings. The molecule has 12 heteroatoms. The van der Waals surface area contributed by atoms with Crippen LogP contribution in [0.5, 0.6) is 0 Å². The number of carbonyl (C=O) groups is 3. The highest BCUT2D eigenvalue weighted by Crippen LogP contribution is 2.34. The lowest BCUT2D eigenvalue weighted by Gasteiger charge is -2.33. The molecule has 0 saturated carbocycles. The Kier molecular flexibility index (Phi) is 11.8. The Morgan fingerprint density at radius 1 is 0.857 bits per heavy atom. The monoisotopic (exact) mass is 774 g/mol. The first-order valence-electron chi connectivity index (χ1n) is 19.4. The molecule has 0 atom stereocenters. The number of benzene rings is 3. The minimum atomic E-state index is -0.770. The van der Waals surface area contributed by atoms with E-state index in [0.29, 0.717) is 29.6 Å². The molecule has 2 aromatic heterocycles. The quantitative estimate of drug-likeness (QED) is 0.0974. The standard InChI is InChI=1S/C44H50N6O5S/c1-29-30(11-7-8-21-48-23-25-49(26-24-48)28-39(51)52)12-9-14-32(29)33-18-19-38(46-40(33)42(54)55-44(2,3)4)50-22-20-31-13-10-15-34(35(31)27-50)41(53)47-43-45-36-16-5-6-17-37(36)56-43/h5-6,9-10,12-19H,7-8,11,20-28H2,1-4H3,(H,51,52)(H,45,47,53). The Balaban J connectivity index is 1.08. The van der Waals surface area contributed by atoms with Gasteiger partial charge < -0.3 is 19.6 Å². The number of esters is 1. The highest BCUT2D eigenvalue weighted by atomic mass is 32.1. The normalized spacial score (nSPS) is 15.1. The fraction of sp³-hybridized carbons (Fsp3) is 0.386. The molecule has 56 heavy (non-hydrogen) atoms. The summed E-state index contributed by atoms with van der Waals surface area (Å²) in [5, 5.41) is 12.7. The van der Waals surface area contributed by atoms with Gasteiger partial charge in [0.05, 0.1) is 16.8 Å². The Morgan fingerprint density at radius 2 is 1.62 bits per heavy atom. The molecule has 1 amide bonds. The molecule has 1 saturated heterocycles. The Morgan fingerprint density at radius 3 is 2.39 bits per heavy atom. The van der Waals surface area contributed by atoms with Gasteiger partial charge in [0.2, 0.25) is 0 Å². The lowest BCUT2D eigenvalue weighted by molar-refractivity contribution is -0.138. The van der Waals surface area contributed by atoms with Crippen molar-refractivity contribution in [3.8, 4) is 11.1 Å². The molecule has 0 aliphatic carbocycles. The van der Waals surface area contributed by atoms with E-state index in [1.54, 1.807) is 0 Å². The van der Waals surface area contributed by atoms with E-state index in [0.717, 1.165) is 96.4 Å². The summed E-state index contributed by atoms with van der Waals surface area (Å²) in [6.45, 7) is 13.3. The van der Waals surface area contributed by atoms with Gasteiger partial charge in [0.25, 0.3) is 5.91 Å². The van der Waals surface area contributed by atoms with Gasteiger partial charge in [0, 0.05) is 50.4 Å². The van der Waals surface area contributed by atoms with E-state index >= 15 is 0 Å². The number of nitrogens with zero attached hydrogens (tertiary/aromatic N) is 5. The van der Waals surface area contributed by atoms with Crippen molar-refractivity contribution in [2.75, 3.05) is 56.0 Å². The first-order valence-corrected chi connectivity index (χ1v) is 20.3. The van der Waals surface area contributed by atoms with Crippen molar-refractivity contribution in [3.05, 3.63) is 106 Å². The minimum Gasteiger partial charge on any atom is -0.480 e. The van der Waals surface area contributed by atoms with E-state index in [2.05, 4.69) is 45.2 Å². The van der Waals surface area contributed by atoms with E-state index in [9.17, 15) is 14.4 Å². The van der Waals surface area contributed by atoms with Crippen LogP contribution in [0.3, 0.4) is 0 Å². The SMILES string of the molecule is Cc1c(CCCCN2CCN(CC(=O)O)CC2)cccc1-c1ccc(N2CCc3cccc(C(=O)Nc4nc5ccccc5s4)c3C2)nc1C(=O)OC(C)(C)C. The van der Waals surface area contributed by atoms with Crippen LogP contribution in [0.25, 0.3) is 21.3 Å². The predicted octanol–water partition coefficient (Wildman–Crippen LogP) is 7.46. The molecule has 4 heterocycles. The molecule has 3 aromatic carbocycles. The number of hydrogen-bond acceptors (Lipinski definition) is 10. The number of aromatic nitrogens is 2. The largest absolute Gasteiger partial charge is 0.480 e. The van der Waals surface area contributed by atoms with Crippen LogP contribution < -0.4 is 10.2 Å². The minimum absolute atomic E-state index is 0.109. The highest BCUT2D eigenvalue weighted by Gasteiger charge is 2.28. The summed E-state index contributed by atoms with van der Waals surface area (Å²) in [7, 11) is 0. The van der Waals surface area contributed by atoms with Gasteiger partial charge in [-0.25, -0.2) is 14.8 Å². The van der Waals surface area contributed by atoms with Crippen LogP contribution in [0.15, 0.2) is 72.8 Å². The molecule has 2 N–H and O–H groups in total. The van der Waals surface area contributed by atoms with Crippen molar-refractivity contribution < 1.29 is 24.2 Å². The van der Waals surface area contributed by atoms with Gasteiger partial charge in [-0.2, -0.15) is 0 Å². The number of fused-ring (bicyclic) bond motifs is 2. The number of nitrogens with one attached hydrogen (secondary N) is 1. The first-order chi connectivity index (χ1) is 26.9. The number of piperazine rings is 1. The maximum atomic E-state index is 13.9. The number of aryl methyl sites for hydroxylation is 1. The number of carboxylic acids is 1. The molecule has 2 aliphatic heterocycles. The number of amides is 1. The van der Waals surface area contributed by atoms with Crippen molar-refractivity contribution in [2.45, 2.75) is 65.5 Å². The zero-order chi connectivity index (χ0) is 39.4. The lowest BCUT2D eigenvalue weighted by atomic mass is 9.92. The van der Waals surface area contributed by atoms with Crippen LogP contribution in [-0.4, -0.2) is 94.1 Å². The van der Waals surface area contributed by atoms with E-state index in [1.807, 2.05) is 80.3 Å². The van der Waals surface area contributed by atoms with Crippen LogP contribution in [0.4, 0.5) is 10.9 Å². The van der Waals surface area contributed by atoms with Crippen molar-refractivity contribution in [2.24, 2.45) is 0 Å². The fourth-order valence-electron chi connectivity index (χ4n) is 7.66. The third kappa shape index (κ3) is 9.26. The molecule has 0 bridgehead atoms. The Hall–Kier alpha value is -5.17. The summed E-state index contributed by atoms with van der Waals surface area (Å²) >= 11 is 1.45. The summed E-state index contributed by atoms with van der Waals surface area (Å²) < 4.78 is 6.95. The average Bonchev–Trinajstić information content (AvgIpc) is 3.58. The topological polar surface area (TPSA) is 128 Å². The van der Waals surface area contributed by atoms with E-state index in [-0.39, 0.29) is 18.1 Å². The van der Waals surface area contributed by atoms with Crippen LogP contribution in [0, 0.1) is 6.92 Å². The van der Waals surface area contributed by atoms with Crippen LogP contribution >= 0.6 is 11.3 Å². The van der Waals surface area contributed by atoms with Crippen molar-refractivity contribution in [1.29, 1.82) is 0 Å². The molecule has 7 rings (SSSR count). The highest BCUT2D eigenvalue weighted by molar-refractivity contribution is 7.22. The van der Waals surface area contributed by atoms with E-state index in [4.69, 9.17) is 14.8 Å². The molecule has 11 nitrogen and oxygen atoms in total. The lowest BCUT2D eigenvalue weighted by Crippen LogP contribution is -2.48. The number of unbranched alkanes of at least 4 members (excludes halogenated alkanes) is 1. The zero-order valence-corrected chi connectivity index (χ0v) is 33.5. The number of thiazole rings is 1. The predicted molar refractivity (Wildman–Crippen MR) is 222 cm³/mol. The van der Waals surface area contributed by atoms with Gasteiger partial charge in [-0.15, -0.1) is 0 Å². The van der Waals surface area contributed by atoms with E-state index in [1.165, 1.54) is 16.9 Å². The summed E-state index contributed by atoms with van der Waals surface area (Å²) in [4.78, 5) is 54.8. The number of rotatable bonds is 12. The summed E-state index contributed by atoms with van der Waals surface area (Å²) in [6.07, 6.45) is 3.71. The van der Waals surface area contributed by atoms with Gasteiger partial charge in [0.15, 0.2) is 10.8 Å². The number of para-hydroxylation sites is 1. The van der Waals surface area contributed by atoms with Gasteiger partial charge in [-0.1, -0.05) is 53.8 Å². The zero-order valence-electron chi connectivity index (χ0n) is 32.6. The van der Waals surface area contributed by atoms with Crippen molar-refractivity contribution >= 4 is 50.3 Å². The third-order valence-electron chi connectivity index (χ3n) is 10.6. The number of aliphatic carboxylic acids is 1. The molecule has 0 spiro atoms. The van der Waals surface area contributed by atoms with E-state index < -0.39 is 17.5 Å². The first kappa shape index (κ1) is 39.1.